The molecular weight excluding hydrogens is 334 g/mol. The zero-order valence-corrected chi connectivity index (χ0v) is 12.2. The summed E-state index contributed by atoms with van der Waals surface area (Å²) in [6.45, 7) is 0. The summed E-state index contributed by atoms with van der Waals surface area (Å²) in [5.41, 5.74) is 0.951. The van der Waals surface area contributed by atoms with Gasteiger partial charge in [0.1, 0.15) is 10.6 Å². The maximum absolute atomic E-state index is 5.91. The summed E-state index contributed by atoms with van der Waals surface area (Å²) in [4.78, 5) is 9.29. The van der Waals surface area contributed by atoms with Crippen molar-refractivity contribution in [3.05, 3.63) is 45.5 Å². The van der Waals surface area contributed by atoms with Gasteiger partial charge in [0.2, 0.25) is 5.28 Å². The van der Waals surface area contributed by atoms with Crippen LogP contribution in [0.15, 0.2) is 40.2 Å². The fraction of sp³-hybridized carbons (Fsp3) is 0. The van der Waals surface area contributed by atoms with Gasteiger partial charge in [0.25, 0.3) is 0 Å². The molecule has 0 fully saturated rings. The second-order valence-corrected chi connectivity index (χ2v) is 5.76. The Labute approximate surface area is 121 Å². The highest BCUT2D eigenvalue weighted by molar-refractivity contribution is 9.10. The van der Waals surface area contributed by atoms with E-state index in [4.69, 9.17) is 11.6 Å². The number of nitrogens with zero attached hydrogens (tertiary/aromatic N) is 2. The minimum atomic E-state index is 0.252. The largest absolute Gasteiger partial charge is 0.340 e. The number of aromatic nitrogens is 2. The molecule has 18 heavy (non-hydrogen) atoms. The zero-order valence-electron chi connectivity index (χ0n) is 9.02. The predicted molar refractivity (Wildman–Crippen MR) is 79.8 cm³/mol. The van der Waals surface area contributed by atoms with E-state index in [1.54, 1.807) is 11.3 Å². The van der Waals surface area contributed by atoms with E-state index in [-0.39, 0.29) is 5.28 Å². The SMILES string of the molecule is Clc1nc(Nc2cccc(Br)c2)c2ccsc2n1. The Balaban J connectivity index is 2.06. The first-order chi connectivity index (χ1) is 8.72. The van der Waals surface area contributed by atoms with Gasteiger partial charge in [-0.1, -0.05) is 22.0 Å². The van der Waals surface area contributed by atoms with E-state index in [0.29, 0.717) is 0 Å². The standard InChI is InChI=1S/C12H7BrClN3S/c13-7-2-1-3-8(6-7)15-10-9-4-5-18-11(9)17-12(14)16-10/h1-6H,(H,15,16,17). The lowest BCUT2D eigenvalue weighted by atomic mass is 10.3. The first-order valence-electron chi connectivity index (χ1n) is 5.16. The molecule has 1 N–H and O–H groups in total. The summed E-state index contributed by atoms with van der Waals surface area (Å²) in [6, 6.07) is 9.86. The molecule has 0 aliphatic heterocycles. The second-order valence-electron chi connectivity index (χ2n) is 3.62. The average molecular weight is 341 g/mol. The normalized spacial score (nSPS) is 10.8. The van der Waals surface area contributed by atoms with E-state index < -0.39 is 0 Å². The van der Waals surface area contributed by atoms with Gasteiger partial charge in [-0.15, -0.1) is 11.3 Å². The van der Waals surface area contributed by atoms with E-state index >= 15 is 0 Å². The maximum atomic E-state index is 5.91. The van der Waals surface area contributed by atoms with Gasteiger partial charge >= 0.3 is 0 Å². The van der Waals surface area contributed by atoms with Crippen LogP contribution >= 0.6 is 38.9 Å². The molecule has 0 saturated heterocycles. The summed E-state index contributed by atoms with van der Waals surface area (Å²) in [7, 11) is 0. The van der Waals surface area contributed by atoms with Crippen LogP contribution in [0.1, 0.15) is 0 Å². The Bertz CT molecular complexity index is 713. The summed E-state index contributed by atoms with van der Waals surface area (Å²) >= 11 is 10.9. The van der Waals surface area contributed by atoms with Crippen molar-refractivity contribution in [2.75, 3.05) is 5.32 Å². The Kier molecular flexibility index (Phi) is 3.20. The third-order valence-corrected chi connectivity index (χ3v) is 3.85. The van der Waals surface area contributed by atoms with E-state index in [2.05, 4.69) is 31.2 Å². The Morgan fingerprint density at radius 3 is 2.94 bits per heavy atom. The molecule has 2 aromatic heterocycles. The van der Waals surface area contributed by atoms with Crippen LogP contribution < -0.4 is 5.32 Å². The van der Waals surface area contributed by atoms with Crippen LogP contribution in [0.2, 0.25) is 5.28 Å². The van der Waals surface area contributed by atoms with E-state index in [9.17, 15) is 0 Å². The lowest BCUT2D eigenvalue weighted by molar-refractivity contribution is 1.23. The molecule has 0 radical (unpaired) electrons. The quantitative estimate of drug-likeness (QED) is 0.678. The van der Waals surface area contributed by atoms with E-state index in [1.807, 2.05) is 35.7 Å². The molecule has 3 nitrogen and oxygen atoms in total. The fourth-order valence-electron chi connectivity index (χ4n) is 1.63. The molecule has 0 spiro atoms. The first-order valence-corrected chi connectivity index (χ1v) is 7.21. The van der Waals surface area contributed by atoms with Crippen molar-refractivity contribution in [2.24, 2.45) is 0 Å². The van der Waals surface area contributed by atoms with Crippen molar-refractivity contribution in [3.63, 3.8) is 0 Å². The van der Waals surface area contributed by atoms with Crippen molar-refractivity contribution >= 4 is 60.6 Å². The number of fused-ring (bicyclic) bond motifs is 1. The summed E-state index contributed by atoms with van der Waals surface area (Å²) in [6.07, 6.45) is 0. The molecule has 0 aliphatic carbocycles. The highest BCUT2D eigenvalue weighted by atomic mass is 79.9. The van der Waals surface area contributed by atoms with Crippen LogP contribution in [-0.4, -0.2) is 9.97 Å². The van der Waals surface area contributed by atoms with Gasteiger partial charge < -0.3 is 5.32 Å². The van der Waals surface area contributed by atoms with Crippen LogP contribution in [0.4, 0.5) is 11.5 Å². The molecule has 0 aliphatic rings. The van der Waals surface area contributed by atoms with Gasteiger partial charge in [0, 0.05) is 10.2 Å². The van der Waals surface area contributed by atoms with Crippen LogP contribution in [0.3, 0.4) is 0 Å². The smallest absolute Gasteiger partial charge is 0.225 e. The Morgan fingerprint density at radius 2 is 2.11 bits per heavy atom. The number of rotatable bonds is 2. The lowest BCUT2D eigenvalue weighted by Crippen LogP contribution is -1.95. The molecule has 3 rings (SSSR count). The predicted octanol–water partition coefficient (Wildman–Crippen LogP) is 4.85. The van der Waals surface area contributed by atoms with Crippen molar-refractivity contribution in [1.29, 1.82) is 0 Å². The number of anilines is 2. The van der Waals surface area contributed by atoms with Crippen LogP contribution in [0, 0.1) is 0 Å². The van der Waals surface area contributed by atoms with E-state index in [0.717, 1.165) is 26.2 Å². The number of nitrogens with one attached hydrogen (secondary N) is 1. The molecule has 0 amide bonds. The average Bonchev–Trinajstić information content (AvgIpc) is 2.77. The number of hydrogen-bond donors (Lipinski definition) is 1. The van der Waals surface area contributed by atoms with Crippen LogP contribution in [0.5, 0.6) is 0 Å². The van der Waals surface area contributed by atoms with E-state index in [1.165, 1.54) is 0 Å². The van der Waals surface area contributed by atoms with Crippen molar-refractivity contribution in [1.82, 2.24) is 9.97 Å². The topological polar surface area (TPSA) is 37.8 Å². The number of hydrogen-bond acceptors (Lipinski definition) is 4. The minimum absolute atomic E-state index is 0.252. The summed E-state index contributed by atoms with van der Waals surface area (Å²) < 4.78 is 1.01. The highest BCUT2D eigenvalue weighted by Crippen LogP contribution is 2.29. The minimum Gasteiger partial charge on any atom is -0.340 e. The zero-order chi connectivity index (χ0) is 12.5. The van der Waals surface area contributed by atoms with Crippen LogP contribution in [0.25, 0.3) is 10.2 Å². The lowest BCUT2D eigenvalue weighted by Gasteiger charge is -2.07. The molecule has 0 unspecified atom stereocenters. The highest BCUT2D eigenvalue weighted by Gasteiger charge is 2.08. The van der Waals surface area contributed by atoms with Crippen molar-refractivity contribution < 1.29 is 0 Å². The molecule has 0 bridgehead atoms. The number of thiophene rings is 1. The van der Waals surface area contributed by atoms with Gasteiger partial charge in [0.05, 0.1) is 5.39 Å². The van der Waals surface area contributed by atoms with Gasteiger partial charge in [0.15, 0.2) is 0 Å². The third-order valence-electron chi connectivity index (χ3n) is 2.39. The van der Waals surface area contributed by atoms with Gasteiger partial charge in [-0.25, -0.2) is 4.98 Å². The molecule has 6 heteroatoms. The van der Waals surface area contributed by atoms with Gasteiger partial charge in [-0.2, -0.15) is 4.98 Å². The van der Waals surface area contributed by atoms with Crippen LogP contribution in [-0.2, 0) is 0 Å². The third kappa shape index (κ3) is 2.34. The molecule has 3 aromatic rings. The monoisotopic (exact) mass is 339 g/mol. The molecule has 2 heterocycles. The number of benzene rings is 1. The summed E-state index contributed by atoms with van der Waals surface area (Å²) in [5.74, 6) is 0.726. The Morgan fingerprint density at radius 1 is 1.22 bits per heavy atom. The van der Waals surface area contributed by atoms with Crippen molar-refractivity contribution in [3.8, 4) is 0 Å². The number of halogens is 2. The molecule has 1 aromatic carbocycles. The van der Waals surface area contributed by atoms with Gasteiger partial charge in [-0.3, -0.25) is 0 Å². The first kappa shape index (κ1) is 11.9. The molecular formula is C12H7BrClN3S. The molecule has 90 valence electrons. The summed E-state index contributed by atoms with van der Waals surface area (Å²) in [5, 5.41) is 6.46. The van der Waals surface area contributed by atoms with Crippen molar-refractivity contribution in [2.45, 2.75) is 0 Å². The Hall–Kier alpha value is -1.17. The molecule has 0 atom stereocenters. The maximum Gasteiger partial charge on any atom is 0.225 e. The van der Waals surface area contributed by atoms with Gasteiger partial charge in [-0.05, 0) is 41.2 Å². The fourth-order valence-corrected chi connectivity index (χ4v) is 3.01. The molecule has 0 saturated carbocycles. The second kappa shape index (κ2) is 4.84.